The highest BCUT2D eigenvalue weighted by Gasteiger charge is 2.22. The van der Waals surface area contributed by atoms with Crippen molar-refractivity contribution in [3.05, 3.63) is 59.9 Å². The van der Waals surface area contributed by atoms with Gasteiger partial charge in [0.1, 0.15) is 5.75 Å². The smallest absolute Gasteiger partial charge is 0.315 e. The van der Waals surface area contributed by atoms with E-state index in [1.807, 2.05) is 50.2 Å². The Kier molecular flexibility index (Phi) is 4.99. The molecular formula is C17H21N3O2. The van der Waals surface area contributed by atoms with Crippen molar-refractivity contribution in [1.82, 2.24) is 15.6 Å². The molecule has 1 aromatic heterocycles. The molecule has 0 aliphatic heterocycles. The first-order chi connectivity index (χ1) is 10.5. The molecule has 0 aliphatic rings. The maximum atomic E-state index is 12.1. The summed E-state index contributed by atoms with van der Waals surface area (Å²) in [5.41, 5.74) is 1.54. The molecule has 1 heterocycles. The summed E-state index contributed by atoms with van der Waals surface area (Å²) in [6.07, 6.45) is 3.41. The Labute approximate surface area is 130 Å². The van der Waals surface area contributed by atoms with Gasteiger partial charge in [0.05, 0.1) is 12.6 Å². The average Bonchev–Trinajstić information content (AvgIpc) is 2.53. The molecule has 0 saturated heterocycles. The number of rotatable bonds is 5. The van der Waals surface area contributed by atoms with Crippen LogP contribution < -0.4 is 15.4 Å². The Hall–Kier alpha value is -2.56. The molecule has 2 amide bonds. The Balaban J connectivity index is 1.93. The van der Waals surface area contributed by atoms with Gasteiger partial charge < -0.3 is 15.4 Å². The molecule has 2 aromatic rings. The number of urea groups is 1. The van der Waals surface area contributed by atoms with Gasteiger partial charge in [0, 0.05) is 18.9 Å². The number of carbonyl (C=O) groups excluding carboxylic acids is 1. The monoisotopic (exact) mass is 299 g/mol. The van der Waals surface area contributed by atoms with Crippen molar-refractivity contribution < 1.29 is 9.53 Å². The van der Waals surface area contributed by atoms with Crippen molar-refractivity contribution in [1.29, 1.82) is 0 Å². The summed E-state index contributed by atoms with van der Waals surface area (Å²) in [5.74, 6) is 0.793. The van der Waals surface area contributed by atoms with E-state index in [1.54, 1.807) is 19.5 Å². The van der Waals surface area contributed by atoms with Crippen LogP contribution >= 0.6 is 0 Å². The second-order valence-corrected chi connectivity index (χ2v) is 5.52. The Morgan fingerprint density at radius 2 is 1.77 bits per heavy atom. The van der Waals surface area contributed by atoms with Crippen LogP contribution in [-0.2, 0) is 12.1 Å². The van der Waals surface area contributed by atoms with Crippen LogP contribution in [0.15, 0.2) is 48.8 Å². The number of nitrogens with zero attached hydrogens (tertiary/aromatic N) is 1. The summed E-state index contributed by atoms with van der Waals surface area (Å²) in [5, 5.41) is 5.82. The third-order valence-electron chi connectivity index (χ3n) is 3.44. The molecule has 0 unspecified atom stereocenters. The van der Waals surface area contributed by atoms with Crippen molar-refractivity contribution in [2.75, 3.05) is 7.11 Å². The Morgan fingerprint density at radius 1 is 1.14 bits per heavy atom. The van der Waals surface area contributed by atoms with Gasteiger partial charge in [-0.3, -0.25) is 4.98 Å². The lowest BCUT2D eigenvalue weighted by atomic mass is 9.94. The van der Waals surface area contributed by atoms with E-state index < -0.39 is 5.54 Å². The largest absolute Gasteiger partial charge is 0.497 e. The van der Waals surface area contributed by atoms with Crippen LogP contribution in [0.4, 0.5) is 4.79 Å². The average molecular weight is 299 g/mol. The van der Waals surface area contributed by atoms with Gasteiger partial charge in [-0.15, -0.1) is 0 Å². The minimum absolute atomic E-state index is 0.211. The lowest BCUT2D eigenvalue weighted by Crippen LogP contribution is -2.46. The van der Waals surface area contributed by atoms with Crippen LogP contribution in [0.25, 0.3) is 0 Å². The van der Waals surface area contributed by atoms with E-state index in [2.05, 4.69) is 15.6 Å². The number of hydrogen-bond acceptors (Lipinski definition) is 3. The normalized spacial score (nSPS) is 10.9. The number of benzene rings is 1. The maximum Gasteiger partial charge on any atom is 0.315 e. The van der Waals surface area contributed by atoms with Crippen LogP contribution in [0.3, 0.4) is 0 Å². The van der Waals surface area contributed by atoms with Gasteiger partial charge >= 0.3 is 6.03 Å². The van der Waals surface area contributed by atoms with Crippen LogP contribution in [-0.4, -0.2) is 18.1 Å². The number of pyridine rings is 1. The number of amides is 2. The van der Waals surface area contributed by atoms with E-state index in [9.17, 15) is 4.79 Å². The van der Waals surface area contributed by atoms with Crippen LogP contribution in [0.5, 0.6) is 5.75 Å². The van der Waals surface area contributed by atoms with E-state index >= 15 is 0 Å². The molecule has 1 aromatic carbocycles. The van der Waals surface area contributed by atoms with Gasteiger partial charge in [-0.2, -0.15) is 0 Å². The minimum atomic E-state index is -0.478. The molecule has 0 fully saturated rings. The Bertz CT molecular complexity index is 610. The first kappa shape index (κ1) is 15.8. The molecule has 2 N–H and O–H groups in total. The number of methoxy groups -OCH3 is 1. The molecular weight excluding hydrogens is 278 g/mol. The molecule has 0 saturated carbocycles. The summed E-state index contributed by atoms with van der Waals surface area (Å²) in [6, 6.07) is 11.2. The number of carbonyl (C=O) groups is 1. The molecule has 5 nitrogen and oxygen atoms in total. The highest BCUT2D eigenvalue weighted by Crippen LogP contribution is 2.22. The fourth-order valence-corrected chi connectivity index (χ4v) is 2.09. The molecule has 0 bridgehead atoms. The molecule has 22 heavy (non-hydrogen) atoms. The predicted octanol–water partition coefficient (Wildman–Crippen LogP) is 2.82. The van der Waals surface area contributed by atoms with Crippen molar-refractivity contribution in [3.8, 4) is 5.75 Å². The van der Waals surface area contributed by atoms with Gasteiger partial charge in [0.25, 0.3) is 0 Å². The maximum absolute atomic E-state index is 12.1. The number of hydrogen-bond donors (Lipinski definition) is 2. The minimum Gasteiger partial charge on any atom is -0.497 e. The first-order valence-corrected chi connectivity index (χ1v) is 7.11. The van der Waals surface area contributed by atoms with Gasteiger partial charge in [0.15, 0.2) is 0 Å². The van der Waals surface area contributed by atoms with E-state index in [-0.39, 0.29) is 6.03 Å². The molecule has 0 spiro atoms. The highest BCUT2D eigenvalue weighted by atomic mass is 16.5. The van der Waals surface area contributed by atoms with Gasteiger partial charge in [-0.05, 0) is 49.2 Å². The zero-order valence-electron chi connectivity index (χ0n) is 13.1. The third-order valence-corrected chi connectivity index (χ3v) is 3.44. The lowest BCUT2D eigenvalue weighted by Gasteiger charge is -2.27. The second kappa shape index (κ2) is 6.93. The predicted molar refractivity (Wildman–Crippen MR) is 85.6 cm³/mol. The number of aromatic nitrogens is 1. The molecule has 116 valence electrons. The van der Waals surface area contributed by atoms with Gasteiger partial charge in [-0.1, -0.05) is 12.1 Å². The van der Waals surface area contributed by atoms with E-state index in [4.69, 9.17) is 4.74 Å². The van der Waals surface area contributed by atoms with Gasteiger partial charge in [0.2, 0.25) is 0 Å². The molecule has 2 rings (SSSR count). The van der Waals surface area contributed by atoms with Crippen LogP contribution in [0.2, 0.25) is 0 Å². The van der Waals surface area contributed by atoms with E-state index in [0.717, 1.165) is 16.9 Å². The molecule has 0 aliphatic carbocycles. The molecule has 0 atom stereocenters. The van der Waals surface area contributed by atoms with E-state index in [0.29, 0.717) is 6.54 Å². The van der Waals surface area contributed by atoms with Crippen molar-refractivity contribution >= 4 is 6.03 Å². The van der Waals surface area contributed by atoms with E-state index in [1.165, 1.54) is 0 Å². The summed E-state index contributed by atoms with van der Waals surface area (Å²) in [4.78, 5) is 16.0. The summed E-state index contributed by atoms with van der Waals surface area (Å²) in [6.45, 7) is 4.38. The fraction of sp³-hybridized carbons (Fsp3) is 0.294. The SMILES string of the molecule is COc1ccc(C(C)(C)NC(=O)NCc2ccncc2)cc1. The first-order valence-electron chi connectivity index (χ1n) is 7.11. The highest BCUT2D eigenvalue weighted by molar-refractivity contribution is 5.75. The topological polar surface area (TPSA) is 63.2 Å². The Morgan fingerprint density at radius 3 is 2.36 bits per heavy atom. The zero-order valence-corrected chi connectivity index (χ0v) is 13.1. The number of nitrogens with one attached hydrogen (secondary N) is 2. The third kappa shape index (κ3) is 4.22. The zero-order chi connectivity index (χ0) is 16.0. The summed E-state index contributed by atoms with van der Waals surface area (Å²) < 4.78 is 5.15. The standard InChI is InChI=1S/C17H21N3O2/c1-17(2,14-4-6-15(22-3)7-5-14)20-16(21)19-12-13-8-10-18-11-9-13/h4-11H,12H2,1-3H3,(H2,19,20,21). The lowest BCUT2D eigenvalue weighted by molar-refractivity contribution is 0.229. The van der Waals surface area contributed by atoms with Crippen molar-refractivity contribution in [2.45, 2.75) is 25.9 Å². The molecule has 5 heteroatoms. The quantitative estimate of drug-likeness (QED) is 0.892. The summed E-state index contributed by atoms with van der Waals surface area (Å²) in [7, 11) is 1.63. The summed E-state index contributed by atoms with van der Waals surface area (Å²) >= 11 is 0. The van der Waals surface area contributed by atoms with Crippen LogP contribution in [0.1, 0.15) is 25.0 Å². The fourth-order valence-electron chi connectivity index (χ4n) is 2.09. The number of ether oxygens (including phenoxy) is 1. The van der Waals surface area contributed by atoms with Gasteiger partial charge in [-0.25, -0.2) is 4.79 Å². The molecule has 0 radical (unpaired) electrons. The second-order valence-electron chi connectivity index (χ2n) is 5.52. The van der Waals surface area contributed by atoms with Crippen molar-refractivity contribution in [2.24, 2.45) is 0 Å². The van der Waals surface area contributed by atoms with Crippen molar-refractivity contribution in [3.63, 3.8) is 0 Å². The van der Waals surface area contributed by atoms with Crippen LogP contribution in [0, 0.1) is 0 Å².